The van der Waals surface area contributed by atoms with Crippen molar-refractivity contribution in [2.75, 3.05) is 19.3 Å². The maximum Gasteiger partial charge on any atom is 0.191 e. The zero-order valence-corrected chi connectivity index (χ0v) is 17.4. The first kappa shape index (κ1) is 19.1. The highest BCUT2D eigenvalue weighted by molar-refractivity contribution is 7.99. The molecule has 1 aliphatic heterocycles. The molecule has 0 radical (unpaired) electrons. The van der Waals surface area contributed by atoms with Gasteiger partial charge in [-0.3, -0.25) is 0 Å². The van der Waals surface area contributed by atoms with Crippen LogP contribution in [0.1, 0.15) is 50.4 Å². The van der Waals surface area contributed by atoms with E-state index in [1.165, 1.54) is 45.1 Å². The van der Waals surface area contributed by atoms with Gasteiger partial charge in [0.2, 0.25) is 0 Å². The normalized spacial score (nSPS) is 20.7. The lowest BCUT2D eigenvalue weighted by atomic mass is 10.0. The molecule has 1 saturated carbocycles. The van der Waals surface area contributed by atoms with E-state index in [1.807, 2.05) is 36.0 Å². The first-order valence-electron chi connectivity index (χ1n) is 9.86. The quantitative estimate of drug-likeness (QED) is 0.588. The number of aromatic nitrogens is 3. The number of nitrogens with zero attached hydrogens (tertiary/aromatic N) is 4. The molecule has 1 aromatic heterocycles. The van der Waals surface area contributed by atoms with Gasteiger partial charge in [0, 0.05) is 17.8 Å². The number of ether oxygens (including phenoxy) is 1. The molecule has 2 fully saturated rings. The van der Waals surface area contributed by atoms with Gasteiger partial charge in [-0.1, -0.05) is 41.9 Å². The molecule has 146 valence electrons. The summed E-state index contributed by atoms with van der Waals surface area (Å²) in [7, 11) is 2.26. The number of likely N-dealkylation sites (tertiary alicyclic amines) is 1. The van der Waals surface area contributed by atoms with E-state index in [0.717, 1.165) is 16.7 Å². The van der Waals surface area contributed by atoms with Gasteiger partial charge in [-0.2, -0.15) is 0 Å². The molecule has 0 N–H and O–H groups in total. The van der Waals surface area contributed by atoms with Gasteiger partial charge in [0.15, 0.2) is 11.0 Å². The van der Waals surface area contributed by atoms with Crippen LogP contribution in [-0.4, -0.2) is 45.1 Å². The molecule has 1 unspecified atom stereocenters. The largest absolute Gasteiger partial charge is 0.484 e. The summed E-state index contributed by atoms with van der Waals surface area (Å²) < 4.78 is 8.18. The lowest BCUT2D eigenvalue weighted by molar-refractivity contribution is 0.182. The Morgan fingerprint density at radius 1 is 1.19 bits per heavy atom. The third-order valence-electron chi connectivity index (χ3n) is 5.44. The van der Waals surface area contributed by atoms with Crippen LogP contribution in [0.2, 0.25) is 5.02 Å². The molecule has 5 nitrogen and oxygen atoms in total. The standard InChI is InChI=1S/C20H27ClN4OS/c1-24-12-5-4-6-15(24)11-13-27-20-23-22-19(25(20)16-9-10-16)14-26-18-8-3-2-7-17(18)21/h2-3,7-8,15-16H,4-6,9-14H2,1H3. The molecule has 1 aromatic carbocycles. The second-order valence-electron chi connectivity index (χ2n) is 7.49. The molecule has 4 rings (SSSR count). The summed E-state index contributed by atoms with van der Waals surface area (Å²) in [4.78, 5) is 2.51. The number of rotatable bonds is 8. The Balaban J connectivity index is 1.36. The Labute approximate surface area is 170 Å². The molecule has 2 aromatic rings. The van der Waals surface area contributed by atoms with Crippen molar-refractivity contribution in [1.29, 1.82) is 0 Å². The smallest absolute Gasteiger partial charge is 0.191 e. The van der Waals surface area contributed by atoms with E-state index in [0.29, 0.717) is 29.5 Å². The zero-order chi connectivity index (χ0) is 18.6. The van der Waals surface area contributed by atoms with Crippen LogP contribution in [0.4, 0.5) is 0 Å². The number of hydrogen-bond donors (Lipinski definition) is 0. The fourth-order valence-corrected chi connectivity index (χ4v) is 4.96. The van der Waals surface area contributed by atoms with Crippen molar-refractivity contribution in [2.45, 2.75) is 62.4 Å². The van der Waals surface area contributed by atoms with Gasteiger partial charge in [0.05, 0.1) is 5.02 Å². The maximum absolute atomic E-state index is 6.19. The Bertz CT molecular complexity index is 764. The lowest BCUT2D eigenvalue weighted by Crippen LogP contribution is -2.36. The maximum atomic E-state index is 6.19. The van der Waals surface area contributed by atoms with E-state index >= 15 is 0 Å². The Morgan fingerprint density at radius 3 is 2.81 bits per heavy atom. The van der Waals surface area contributed by atoms with E-state index in [1.54, 1.807) is 0 Å². The average Bonchev–Trinajstić information content (AvgIpc) is 3.43. The predicted molar refractivity (Wildman–Crippen MR) is 110 cm³/mol. The molecule has 1 atom stereocenters. The highest BCUT2D eigenvalue weighted by Crippen LogP contribution is 2.39. The molecule has 0 spiro atoms. The third kappa shape index (κ3) is 4.79. The van der Waals surface area contributed by atoms with Crippen molar-refractivity contribution < 1.29 is 4.74 Å². The average molecular weight is 407 g/mol. The summed E-state index contributed by atoms with van der Waals surface area (Å²) in [6, 6.07) is 8.80. The number of hydrogen-bond acceptors (Lipinski definition) is 5. The number of para-hydroxylation sites is 1. The van der Waals surface area contributed by atoms with E-state index in [2.05, 4.69) is 26.7 Å². The van der Waals surface area contributed by atoms with Crippen LogP contribution in [0.3, 0.4) is 0 Å². The lowest BCUT2D eigenvalue weighted by Gasteiger charge is -2.32. The molecule has 2 aliphatic rings. The molecular formula is C20H27ClN4OS. The van der Waals surface area contributed by atoms with Gasteiger partial charge in [-0.05, 0) is 57.8 Å². The minimum absolute atomic E-state index is 0.402. The molecule has 7 heteroatoms. The number of benzene rings is 1. The molecule has 0 bridgehead atoms. The minimum atomic E-state index is 0.402. The number of piperidine rings is 1. The SMILES string of the molecule is CN1CCCCC1CCSc1nnc(COc2ccccc2Cl)n1C1CC1. The van der Waals surface area contributed by atoms with Crippen LogP contribution in [0.5, 0.6) is 5.75 Å². The summed E-state index contributed by atoms with van der Waals surface area (Å²) in [5, 5.41) is 10.5. The predicted octanol–water partition coefficient (Wildman–Crippen LogP) is 4.81. The van der Waals surface area contributed by atoms with E-state index in [4.69, 9.17) is 16.3 Å². The molecule has 27 heavy (non-hydrogen) atoms. The second kappa shape index (κ2) is 8.84. The minimum Gasteiger partial charge on any atom is -0.484 e. The van der Waals surface area contributed by atoms with Gasteiger partial charge in [-0.25, -0.2) is 0 Å². The third-order valence-corrected chi connectivity index (χ3v) is 6.73. The number of halogens is 1. The molecular weight excluding hydrogens is 380 g/mol. The summed E-state index contributed by atoms with van der Waals surface area (Å²) in [5.74, 6) is 2.68. The monoisotopic (exact) mass is 406 g/mol. The topological polar surface area (TPSA) is 43.2 Å². The summed E-state index contributed by atoms with van der Waals surface area (Å²) in [5.41, 5.74) is 0. The van der Waals surface area contributed by atoms with Crippen LogP contribution < -0.4 is 4.74 Å². The van der Waals surface area contributed by atoms with Crippen LogP contribution in [0.25, 0.3) is 0 Å². The van der Waals surface area contributed by atoms with Gasteiger partial charge in [0.1, 0.15) is 12.4 Å². The van der Waals surface area contributed by atoms with Crippen molar-refractivity contribution in [2.24, 2.45) is 0 Å². The highest BCUT2D eigenvalue weighted by Gasteiger charge is 2.30. The van der Waals surface area contributed by atoms with Gasteiger partial charge < -0.3 is 14.2 Å². The molecule has 1 saturated heterocycles. The Kier molecular flexibility index (Phi) is 6.25. The Morgan fingerprint density at radius 2 is 2.04 bits per heavy atom. The molecule has 0 amide bonds. The zero-order valence-electron chi connectivity index (χ0n) is 15.8. The summed E-state index contributed by atoms with van der Waals surface area (Å²) >= 11 is 8.03. The Hall–Kier alpha value is -1.24. The highest BCUT2D eigenvalue weighted by atomic mass is 35.5. The fraction of sp³-hybridized carbons (Fsp3) is 0.600. The summed E-state index contributed by atoms with van der Waals surface area (Å²) in [6.45, 7) is 1.64. The van der Waals surface area contributed by atoms with Crippen LogP contribution in [-0.2, 0) is 6.61 Å². The van der Waals surface area contributed by atoms with Gasteiger partial charge in [0.25, 0.3) is 0 Å². The van der Waals surface area contributed by atoms with Gasteiger partial charge >= 0.3 is 0 Å². The fourth-order valence-electron chi connectivity index (χ4n) is 3.70. The van der Waals surface area contributed by atoms with Crippen LogP contribution >= 0.6 is 23.4 Å². The van der Waals surface area contributed by atoms with Crippen LogP contribution in [0.15, 0.2) is 29.4 Å². The van der Waals surface area contributed by atoms with Crippen molar-refractivity contribution in [3.63, 3.8) is 0 Å². The van der Waals surface area contributed by atoms with Gasteiger partial charge in [-0.15, -0.1) is 10.2 Å². The number of thioether (sulfide) groups is 1. The van der Waals surface area contributed by atoms with E-state index < -0.39 is 0 Å². The van der Waals surface area contributed by atoms with Crippen molar-refractivity contribution in [3.8, 4) is 5.75 Å². The van der Waals surface area contributed by atoms with Crippen molar-refractivity contribution in [3.05, 3.63) is 35.1 Å². The molecule has 2 heterocycles. The first-order valence-corrected chi connectivity index (χ1v) is 11.2. The van der Waals surface area contributed by atoms with Crippen molar-refractivity contribution in [1.82, 2.24) is 19.7 Å². The first-order chi connectivity index (χ1) is 13.2. The second-order valence-corrected chi connectivity index (χ2v) is 8.96. The molecule has 1 aliphatic carbocycles. The van der Waals surface area contributed by atoms with E-state index in [9.17, 15) is 0 Å². The van der Waals surface area contributed by atoms with Crippen LogP contribution in [0, 0.1) is 0 Å². The van der Waals surface area contributed by atoms with E-state index in [-0.39, 0.29) is 0 Å². The summed E-state index contributed by atoms with van der Waals surface area (Å²) in [6.07, 6.45) is 7.64. The van der Waals surface area contributed by atoms with Crippen molar-refractivity contribution >= 4 is 23.4 Å².